The zero-order valence-electron chi connectivity index (χ0n) is 11.4. The maximum absolute atomic E-state index is 5.26. The number of hydrogen-bond acceptors (Lipinski definition) is 2. The maximum Gasteiger partial charge on any atom is 0.119 e. The van der Waals surface area contributed by atoms with Crippen LogP contribution in [0.4, 0.5) is 5.69 Å². The van der Waals surface area contributed by atoms with E-state index in [1.165, 1.54) is 5.56 Å². The third-order valence-corrected chi connectivity index (χ3v) is 2.93. The van der Waals surface area contributed by atoms with E-state index in [9.17, 15) is 0 Å². The molecule has 0 saturated heterocycles. The lowest BCUT2D eigenvalue weighted by Crippen LogP contribution is -2.01. The molecule has 0 spiro atoms. The highest BCUT2D eigenvalue weighted by atomic mass is 16.5. The van der Waals surface area contributed by atoms with Gasteiger partial charge in [-0.25, -0.2) is 0 Å². The van der Waals surface area contributed by atoms with Gasteiger partial charge in [0.15, 0.2) is 0 Å². The quantitative estimate of drug-likeness (QED) is 0.855. The first-order valence-corrected chi connectivity index (χ1v) is 6.42. The molecule has 2 heteroatoms. The van der Waals surface area contributed by atoms with Gasteiger partial charge in [-0.3, -0.25) is 0 Å². The lowest BCUT2D eigenvalue weighted by molar-refractivity contribution is 0.415. The van der Waals surface area contributed by atoms with Crippen LogP contribution in [0.15, 0.2) is 54.6 Å². The molecule has 0 aromatic heterocycles. The fourth-order valence-corrected chi connectivity index (χ4v) is 1.94. The van der Waals surface area contributed by atoms with Crippen LogP contribution in [0.5, 0.6) is 5.75 Å². The number of allylic oxidation sites excluding steroid dienone is 1. The molecule has 0 atom stereocenters. The van der Waals surface area contributed by atoms with E-state index in [-0.39, 0.29) is 0 Å². The van der Waals surface area contributed by atoms with Crippen molar-refractivity contribution in [2.75, 3.05) is 12.4 Å². The standard InChI is InChI=1S/C17H19NO/c1-3-7-15-12-16(19-2)10-11-17(15)18-13-14-8-5-4-6-9-14/h3-12,18H,13H2,1-2H3/b7-3+. The summed E-state index contributed by atoms with van der Waals surface area (Å²) in [5, 5.41) is 3.46. The molecule has 0 aliphatic carbocycles. The lowest BCUT2D eigenvalue weighted by atomic mass is 10.1. The molecule has 2 rings (SSSR count). The van der Waals surface area contributed by atoms with E-state index < -0.39 is 0 Å². The van der Waals surface area contributed by atoms with Gasteiger partial charge in [-0.1, -0.05) is 42.5 Å². The molecule has 19 heavy (non-hydrogen) atoms. The van der Waals surface area contributed by atoms with Crippen molar-refractivity contribution in [3.63, 3.8) is 0 Å². The van der Waals surface area contributed by atoms with Crippen molar-refractivity contribution in [1.82, 2.24) is 0 Å². The minimum atomic E-state index is 0.817. The molecule has 0 unspecified atom stereocenters. The van der Waals surface area contributed by atoms with E-state index in [0.29, 0.717) is 0 Å². The van der Waals surface area contributed by atoms with Gasteiger partial charge >= 0.3 is 0 Å². The SMILES string of the molecule is C/C=C/c1cc(OC)ccc1NCc1ccccc1. The predicted octanol–water partition coefficient (Wildman–Crippen LogP) is 4.34. The third-order valence-electron chi connectivity index (χ3n) is 2.93. The summed E-state index contributed by atoms with van der Waals surface area (Å²) in [6.07, 6.45) is 4.11. The average Bonchev–Trinajstić information content (AvgIpc) is 2.47. The first-order valence-electron chi connectivity index (χ1n) is 6.42. The minimum absolute atomic E-state index is 0.817. The Morgan fingerprint density at radius 3 is 2.58 bits per heavy atom. The second-order valence-electron chi connectivity index (χ2n) is 4.29. The first kappa shape index (κ1) is 13.2. The molecule has 0 fully saturated rings. The highest BCUT2D eigenvalue weighted by Crippen LogP contribution is 2.23. The topological polar surface area (TPSA) is 21.3 Å². The molecule has 0 aliphatic heterocycles. The smallest absolute Gasteiger partial charge is 0.119 e. The molecule has 98 valence electrons. The molecule has 1 N–H and O–H groups in total. The van der Waals surface area contributed by atoms with Gasteiger partial charge in [0.05, 0.1) is 7.11 Å². The Balaban J connectivity index is 2.15. The van der Waals surface area contributed by atoms with Gasteiger partial charge in [0.2, 0.25) is 0 Å². The van der Waals surface area contributed by atoms with Crippen molar-refractivity contribution in [1.29, 1.82) is 0 Å². The van der Waals surface area contributed by atoms with Gasteiger partial charge in [-0.2, -0.15) is 0 Å². The normalized spacial score (nSPS) is 10.6. The van der Waals surface area contributed by atoms with Gasteiger partial charge in [-0.05, 0) is 30.7 Å². The number of anilines is 1. The van der Waals surface area contributed by atoms with E-state index in [0.717, 1.165) is 23.5 Å². The van der Waals surface area contributed by atoms with Crippen LogP contribution < -0.4 is 10.1 Å². The summed E-state index contributed by atoms with van der Waals surface area (Å²) < 4.78 is 5.26. The van der Waals surface area contributed by atoms with Crippen LogP contribution in [0.25, 0.3) is 6.08 Å². The van der Waals surface area contributed by atoms with Gasteiger partial charge in [0.1, 0.15) is 5.75 Å². The maximum atomic E-state index is 5.26. The number of ether oxygens (including phenoxy) is 1. The van der Waals surface area contributed by atoms with Crippen LogP contribution in [0, 0.1) is 0 Å². The number of rotatable bonds is 5. The number of nitrogens with one attached hydrogen (secondary N) is 1. The highest BCUT2D eigenvalue weighted by molar-refractivity contribution is 5.68. The van der Waals surface area contributed by atoms with Crippen molar-refractivity contribution < 1.29 is 4.74 Å². The monoisotopic (exact) mass is 253 g/mol. The van der Waals surface area contributed by atoms with E-state index in [4.69, 9.17) is 4.74 Å². The van der Waals surface area contributed by atoms with E-state index in [1.807, 2.05) is 31.2 Å². The van der Waals surface area contributed by atoms with Crippen molar-refractivity contribution >= 4 is 11.8 Å². The Labute approximate surface area is 114 Å². The van der Waals surface area contributed by atoms with Crippen LogP contribution in [0.3, 0.4) is 0 Å². The Bertz CT molecular complexity index is 546. The summed E-state index contributed by atoms with van der Waals surface area (Å²) in [5.74, 6) is 0.873. The third kappa shape index (κ3) is 3.62. The fourth-order valence-electron chi connectivity index (χ4n) is 1.94. The largest absolute Gasteiger partial charge is 0.497 e. The summed E-state index contributed by atoms with van der Waals surface area (Å²) in [7, 11) is 1.69. The molecule has 2 aromatic rings. The highest BCUT2D eigenvalue weighted by Gasteiger charge is 2.01. The van der Waals surface area contributed by atoms with Gasteiger partial charge in [0, 0.05) is 17.8 Å². The molecule has 0 bridgehead atoms. The molecule has 2 aromatic carbocycles. The second kappa shape index (κ2) is 6.64. The molecule has 0 saturated carbocycles. The summed E-state index contributed by atoms with van der Waals surface area (Å²) >= 11 is 0. The molecule has 0 heterocycles. The van der Waals surface area contributed by atoms with Crippen molar-refractivity contribution in [2.45, 2.75) is 13.5 Å². The zero-order chi connectivity index (χ0) is 13.5. The summed E-state index contributed by atoms with van der Waals surface area (Å²) in [6.45, 7) is 2.83. The summed E-state index contributed by atoms with van der Waals surface area (Å²) in [6, 6.07) is 16.4. The van der Waals surface area contributed by atoms with Gasteiger partial charge in [-0.15, -0.1) is 0 Å². The Morgan fingerprint density at radius 2 is 1.89 bits per heavy atom. The number of methoxy groups -OCH3 is 1. The number of hydrogen-bond donors (Lipinski definition) is 1. The van der Waals surface area contributed by atoms with Crippen LogP contribution in [-0.2, 0) is 6.54 Å². The van der Waals surface area contributed by atoms with Crippen molar-refractivity contribution in [3.8, 4) is 5.75 Å². The fraction of sp³-hybridized carbons (Fsp3) is 0.176. The van der Waals surface area contributed by atoms with E-state index in [1.54, 1.807) is 7.11 Å². The average molecular weight is 253 g/mol. The number of benzene rings is 2. The molecule has 0 radical (unpaired) electrons. The van der Waals surface area contributed by atoms with Crippen LogP contribution >= 0.6 is 0 Å². The first-order chi connectivity index (χ1) is 9.33. The predicted molar refractivity (Wildman–Crippen MR) is 81.5 cm³/mol. The Kier molecular flexibility index (Phi) is 4.62. The molecule has 0 amide bonds. The second-order valence-corrected chi connectivity index (χ2v) is 4.29. The molecule has 0 aliphatic rings. The zero-order valence-corrected chi connectivity index (χ0v) is 11.4. The lowest BCUT2D eigenvalue weighted by Gasteiger charge is -2.11. The van der Waals surface area contributed by atoms with Gasteiger partial charge < -0.3 is 10.1 Å². The van der Waals surface area contributed by atoms with E-state index >= 15 is 0 Å². The van der Waals surface area contributed by atoms with Crippen LogP contribution in [-0.4, -0.2) is 7.11 Å². The van der Waals surface area contributed by atoms with E-state index in [2.05, 4.69) is 41.7 Å². The molecular formula is C17H19NO. The minimum Gasteiger partial charge on any atom is -0.497 e. The Morgan fingerprint density at radius 1 is 1.11 bits per heavy atom. The molecule has 2 nitrogen and oxygen atoms in total. The van der Waals surface area contributed by atoms with Crippen LogP contribution in [0.1, 0.15) is 18.1 Å². The summed E-state index contributed by atoms with van der Waals surface area (Å²) in [4.78, 5) is 0. The summed E-state index contributed by atoms with van der Waals surface area (Å²) in [5.41, 5.74) is 3.52. The van der Waals surface area contributed by atoms with Crippen molar-refractivity contribution in [3.05, 3.63) is 65.7 Å². The van der Waals surface area contributed by atoms with Crippen LogP contribution in [0.2, 0.25) is 0 Å². The van der Waals surface area contributed by atoms with Gasteiger partial charge in [0.25, 0.3) is 0 Å². The van der Waals surface area contributed by atoms with Crippen molar-refractivity contribution in [2.24, 2.45) is 0 Å². The molecular weight excluding hydrogens is 234 g/mol. The Hall–Kier alpha value is -2.22.